The van der Waals surface area contributed by atoms with E-state index in [0.717, 1.165) is 5.69 Å². The van der Waals surface area contributed by atoms with Crippen LogP contribution in [0.25, 0.3) is 0 Å². The first-order valence-electron chi connectivity index (χ1n) is 3.94. The van der Waals surface area contributed by atoms with Gasteiger partial charge in [-0.3, -0.25) is 4.68 Å². The van der Waals surface area contributed by atoms with Gasteiger partial charge in [0.2, 0.25) is 0 Å². The number of hydrogen-bond donors (Lipinski definition) is 1. The summed E-state index contributed by atoms with van der Waals surface area (Å²) < 4.78 is 6.09. The minimum atomic E-state index is -0.463. The normalized spacial score (nSPS) is 9.86. The van der Waals surface area contributed by atoms with Crippen LogP contribution in [-0.4, -0.2) is 27.8 Å². The van der Waals surface area contributed by atoms with Crippen LogP contribution >= 0.6 is 12.2 Å². The van der Waals surface area contributed by atoms with Crippen molar-refractivity contribution in [3.05, 3.63) is 17.5 Å². The van der Waals surface area contributed by atoms with Crippen molar-refractivity contribution in [3.8, 4) is 0 Å². The lowest BCUT2D eigenvalue weighted by Crippen LogP contribution is -2.13. The van der Waals surface area contributed by atoms with Crippen LogP contribution in [0.15, 0.2) is 6.07 Å². The number of hydrogen-bond acceptors (Lipinski definition) is 4. The monoisotopic (exact) mass is 213 g/mol. The maximum Gasteiger partial charge on any atom is 0.358 e. The number of carbonyl (C=O) groups is 1. The van der Waals surface area contributed by atoms with Gasteiger partial charge in [0.1, 0.15) is 0 Å². The third-order valence-corrected chi connectivity index (χ3v) is 1.87. The summed E-state index contributed by atoms with van der Waals surface area (Å²) in [5, 5.41) is 3.96. The molecular formula is C8H11N3O2S. The van der Waals surface area contributed by atoms with Crippen molar-refractivity contribution < 1.29 is 9.53 Å². The van der Waals surface area contributed by atoms with Gasteiger partial charge < -0.3 is 10.5 Å². The van der Waals surface area contributed by atoms with E-state index in [9.17, 15) is 4.79 Å². The second-order valence-electron chi connectivity index (χ2n) is 2.78. The van der Waals surface area contributed by atoms with Crippen molar-refractivity contribution in [3.63, 3.8) is 0 Å². The van der Waals surface area contributed by atoms with Gasteiger partial charge in [-0.25, -0.2) is 4.79 Å². The number of rotatable bonds is 3. The molecule has 0 radical (unpaired) electrons. The molecule has 0 saturated carbocycles. The molecule has 1 aromatic rings. The maximum absolute atomic E-state index is 11.1. The first kappa shape index (κ1) is 10.6. The summed E-state index contributed by atoms with van der Waals surface area (Å²) in [4.78, 5) is 11.5. The molecule has 0 aliphatic carbocycles. The fraction of sp³-hybridized carbons (Fsp3) is 0.375. The Bertz CT molecular complexity index is 373. The highest BCUT2D eigenvalue weighted by Crippen LogP contribution is 2.05. The Labute approximate surface area is 86.8 Å². The molecule has 0 aromatic carbocycles. The number of ether oxygens (including phenoxy) is 1. The second-order valence-corrected chi connectivity index (χ2v) is 3.30. The average Bonchev–Trinajstić information content (AvgIpc) is 2.46. The fourth-order valence-electron chi connectivity index (χ4n) is 1.05. The van der Waals surface area contributed by atoms with Crippen molar-refractivity contribution in [2.45, 2.75) is 6.42 Å². The molecule has 14 heavy (non-hydrogen) atoms. The van der Waals surface area contributed by atoms with E-state index < -0.39 is 5.97 Å². The average molecular weight is 213 g/mol. The van der Waals surface area contributed by atoms with Crippen LogP contribution in [0.5, 0.6) is 0 Å². The number of nitrogens with two attached hydrogens (primary N) is 1. The Morgan fingerprint density at radius 1 is 1.79 bits per heavy atom. The van der Waals surface area contributed by atoms with Gasteiger partial charge in [0.25, 0.3) is 0 Å². The van der Waals surface area contributed by atoms with Crippen LogP contribution in [0, 0.1) is 0 Å². The third kappa shape index (κ3) is 2.29. The molecular weight excluding hydrogens is 202 g/mol. The number of methoxy groups -OCH3 is 1. The largest absolute Gasteiger partial charge is 0.464 e. The van der Waals surface area contributed by atoms with Gasteiger partial charge in [-0.05, 0) is 6.07 Å². The Hall–Kier alpha value is -1.43. The van der Waals surface area contributed by atoms with Crippen LogP contribution in [-0.2, 0) is 18.2 Å². The molecule has 6 heteroatoms. The highest BCUT2D eigenvalue weighted by Gasteiger charge is 2.12. The number of carbonyl (C=O) groups excluding carboxylic acids is 1. The van der Waals surface area contributed by atoms with E-state index in [2.05, 4.69) is 9.84 Å². The Balaban J connectivity index is 2.93. The van der Waals surface area contributed by atoms with Gasteiger partial charge in [0.05, 0.1) is 12.1 Å². The minimum Gasteiger partial charge on any atom is -0.464 e. The van der Waals surface area contributed by atoms with Crippen LogP contribution in [0.3, 0.4) is 0 Å². The van der Waals surface area contributed by atoms with Crippen molar-refractivity contribution in [2.75, 3.05) is 7.11 Å². The molecule has 1 rings (SSSR count). The van der Waals surface area contributed by atoms with E-state index in [1.807, 2.05) is 0 Å². The second kappa shape index (κ2) is 4.19. The molecule has 0 spiro atoms. The van der Waals surface area contributed by atoms with E-state index in [1.165, 1.54) is 7.11 Å². The van der Waals surface area contributed by atoms with E-state index in [4.69, 9.17) is 18.0 Å². The lowest BCUT2D eigenvalue weighted by molar-refractivity contribution is 0.0593. The number of nitrogens with zero attached hydrogens (tertiary/aromatic N) is 2. The first-order chi connectivity index (χ1) is 6.54. The van der Waals surface area contributed by atoms with Gasteiger partial charge >= 0.3 is 5.97 Å². The van der Waals surface area contributed by atoms with Crippen molar-refractivity contribution in [2.24, 2.45) is 12.8 Å². The number of thiocarbonyl (C=S) groups is 1. The lowest BCUT2D eigenvalue weighted by atomic mass is 10.3. The highest BCUT2D eigenvalue weighted by atomic mass is 32.1. The fourth-order valence-corrected chi connectivity index (χ4v) is 1.20. The Kier molecular flexibility index (Phi) is 3.19. The summed E-state index contributed by atoms with van der Waals surface area (Å²) in [6.07, 6.45) is 0.426. The van der Waals surface area contributed by atoms with Gasteiger partial charge in [0, 0.05) is 19.2 Å². The zero-order valence-corrected chi connectivity index (χ0v) is 8.80. The van der Waals surface area contributed by atoms with Gasteiger partial charge in [-0.2, -0.15) is 5.10 Å². The quantitative estimate of drug-likeness (QED) is 0.567. The SMILES string of the molecule is COC(=O)c1cc(CC(N)=S)n(C)n1. The first-order valence-corrected chi connectivity index (χ1v) is 4.35. The Morgan fingerprint density at radius 3 is 2.93 bits per heavy atom. The van der Waals surface area contributed by atoms with Crippen LogP contribution < -0.4 is 5.73 Å². The third-order valence-electron chi connectivity index (χ3n) is 1.73. The topological polar surface area (TPSA) is 70.1 Å². The minimum absolute atomic E-state index is 0.265. The van der Waals surface area contributed by atoms with Crippen LogP contribution in [0.1, 0.15) is 16.2 Å². The van der Waals surface area contributed by atoms with Gasteiger partial charge in [-0.1, -0.05) is 12.2 Å². The smallest absolute Gasteiger partial charge is 0.358 e. The molecule has 0 bridgehead atoms. The van der Waals surface area contributed by atoms with Crippen LogP contribution in [0.4, 0.5) is 0 Å². The summed E-state index contributed by atoms with van der Waals surface area (Å²) in [6.45, 7) is 0. The summed E-state index contributed by atoms with van der Waals surface area (Å²) in [6, 6.07) is 1.62. The molecule has 0 saturated heterocycles. The van der Waals surface area contributed by atoms with E-state index >= 15 is 0 Å². The van der Waals surface area contributed by atoms with Crippen molar-refractivity contribution in [1.29, 1.82) is 0 Å². The molecule has 0 aliphatic heterocycles. The molecule has 2 N–H and O–H groups in total. The van der Waals surface area contributed by atoms with E-state index in [-0.39, 0.29) is 5.69 Å². The van der Waals surface area contributed by atoms with Crippen LogP contribution in [0.2, 0.25) is 0 Å². The molecule has 0 amide bonds. The molecule has 0 aliphatic rings. The molecule has 5 nitrogen and oxygen atoms in total. The number of aryl methyl sites for hydroxylation is 1. The zero-order chi connectivity index (χ0) is 10.7. The predicted octanol–water partition coefficient (Wildman–Crippen LogP) is 0.0353. The van der Waals surface area contributed by atoms with Gasteiger partial charge in [0.15, 0.2) is 5.69 Å². The summed E-state index contributed by atoms with van der Waals surface area (Å²) in [5.74, 6) is -0.463. The van der Waals surface area contributed by atoms with Gasteiger partial charge in [-0.15, -0.1) is 0 Å². The number of esters is 1. The van der Waals surface area contributed by atoms with E-state index in [1.54, 1.807) is 17.8 Å². The molecule has 1 aromatic heterocycles. The summed E-state index contributed by atoms with van der Waals surface area (Å²) in [7, 11) is 3.03. The lowest BCUT2D eigenvalue weighted by Gasteiger charge is -1.97. The molecule has 1 heterocycles. The Morgan fingerprint density at radius 2 is 2.43 bits per heavy atom. The summed E-state index contributed by atoms with van der Waals surface area (Å²) >= 11 is 4.76. The highest BCUT2D eigenvalue weighted by molar-refractivity contribution is 7.80. The molecule has 76 valence electrons. The summed E-state index contributed by atoms with van der Waals surface area (Å²) in [5.41, 5.74) is 6.44. The molecule has 0 atom stereocenters. The van der Waals surface area contributed by atoms with Crippen molar-refractivity contribution >= 4 is 23.2 Å². The van der Waals surface area contributed by atoms with Crippen molar-refractivity contribution in [1.82, 2.24) is 9.78 Å². The van der Waals surface area contributed by atoms with E-state index in [0.29, 0.717) is 11.4 Å². The maximum atomic E-state index is 11.1. The molecule has 0 unspecified atom stereocenters. The molecule has 0 fully saturated rings. The zero-order valence-electron chi connectivity index (χ0n) is 7.98. The predicted molar refractivity (Wildman–Crippen MR) is 55.0 cm³/mol. The number of aromatic nitrogens is 2. The standard InChI is InChI=1S/C8H11N3O2S/c1-11-5(4-7(9)14)3-6(10-11)8(12)13-2/h3H,4H2,1-2H3,(H2,9,14).